The first-order valence-electron chi connectivity index (χ1n) is 5.29. The number of azide groups is 1. The number of hydrogen-bond donors (Lipinski definition) is 1. The second kappa shape index (κ2) is 5.40. The molecule has 1 aromatic rings. The first-order chi connectivity index (χ1) is 7.94. The van der Waals surface area contributed by atoms with Gasteiger partial charge in [0.2, 0.25) is 0 Å². The van der Waals surface area contributed by atoms with E-state index >= 15 is 0 Å². The van der Waals surface area contributed by atoms with Gasteiger partial charge in [-0.25, -0.2) is 0 Å². The third kappa shape index (κ3) is 4.20. The van der Waals surface area contributed by atoms with Crippen molar-refractivity contribution < 1.29 is 5.11 Å². The van der Waals surface area contributed by atoms with Crippen molar-refractivity contribution in [3.8, 4) is 11.8 Å². The maximum absolute atomic E-state index is 9.93. The molecule has 1 atom stereocenters. The Kier molecular flexibility index (Phi) is 4.17. The lowest BCUT2D eigenvalue weighted by Crippen LogP contribution is -2.02. The number of rotatable bonds is 2. The van der Waals surface area contributed by atoms with E-state index in [0.29, 0.717) is 11.3 Å². The quantitative estimate of drug-likeness (QED) is 0.357. The van der Waals surface area contributed by atoms with Crippen LogP contribution in [0.2, 0.25) is 0 Å². The van der Waals surface area contributed by atoms with Crippen molar-refractivity contribution in [3.05, 3.63) is 40.3 Å². The van der Waals surface area contributed by atoms with Gasteiger partial charge >= 0.3 is 0 Å². The van der Waals surface area contributed by atoms with Crippen LogP contribution in [0, 0.1) is 17.3 Å². The van der Waals surface area contributed by atoms with Crippen LogP contribution >= 0.6 is 0 Å². The number of aliphatic hydroxyl groups excluding tert-OH is 1. The minimum atomic E-state index is -0.934. The lowest BCUT2D eigenvalue weighted by atomic mass is 9.97. The van der Waals surface area contributed by atoms with Crippen LogP contribution < -0.4 is 0 Å². The molecule has 88 valence electrons. The molecule has 0 heterocycles. The van der Waals surface area contributed by atoms with Crippen molar-refractivity contribution in [2.75, 3.05) is 0 Å². The predicted molar refractivity (Wildman–Crippen MR) is 67.4 cm³/mol. The van der Waals surface area contributed by atoms with Gasteiger partial charge in [-0.1, -0.05) is 41.2 Å². The number of aliphatic hydroxyl groups is 1. The summed E-state index contributed by atoms with van der Waals surface area (Å²) in [6.45, 7) is 5.89. The van der Waals surface area contributed by atoms with Crippen molar-refractivity contribution in [1.82, 2.24) is 0 Å². The number of nitrogens with zero attached hydrogens (tertiary/aromatic N) is 3. The Hall–Kier alpha value is -1.95. The molecule has 0 aliphatic rings. The van der Waals surface area contributed by atoms with Crippen molar-refractivity contribution in [2.24, 2.45) is 10.5 Å². The Morgan fingerprint density at radius 1 is 1.35 bits per heavy atom. The summed E-state index contributed by atoms with van der Waals surface area (Å²) >= 11 is 0. The largest absolute Gasteiger partial charge is 0.376 e. The summed E-state index contributed by atoms with van der Waals surface area (Å²) < 4.78 is 0. The number of hydrogen-bond acceptors (Lipinski definition) is 2. The molecule has 0 radical (unpaired) electrons. The molecule has 1 unspecified atom stereocenters. The average Bonchev–Trinajstić information content (AvgIpc) is 2.26. The normalized spacial score (nSPS) is 12.0. The molecule has 4 heteroatoms. The van der Waals surface area contributed by atoms with E-state index < -0.39 is 6.10 Å². The number of benzene rings is 1. The monoisotopic (exact) mass is 229 g/mol. The van der Waals surface area contributed by atoms with Gasteiger partial charge in [0.25, 0.3) is 0 Å². The fraction of sp³-hybridized carbons (Fsp3) is 0.385. The average molecular weight is 229 g/mol. The van der Waals surface area contributed by atoms with Gasteiger partial charge in [0.1, 0.15) is 6.10 Å². The lowest BCUT2D eigenvalue weighted by Gasteiger charge is -2.10. The Labute approximate surface area is 101 Å². The maximum atomic E-state index is 9.93. The molecule has 1 N–H and O–H groups in total. The zero-order valence-corrected chi connectivity index (χ0v) is 10.2. The highest BCUT2D eigenvalue weighted by Gasteiger charge is 2.10. The molecule has 17 heavy (non-hydrogen) atoms. The Balaban J connectivity index is 3.07. The highest BCUT2D eigenvalue weighted by Crippen LogP contribution is 2.25. The predicted octanol–water partition coefficient (Wildman–Crippen LogP) is 3.71. The molecule has 0 saturated heterocycles. The summed E-state index contributed by atoms with van der Waals surface area (Å²) in [5, 5.41) is 13.5. The first kappa shape index (κ1) is 13.1. The SMILES string of the molecule is CC(C)(C)C#CC(O)c1ccccc1N=[N+]=[N-]. The van der Waals surface area contributed by atoms with Gasteiger partial charge in [-0.05, 0) is 26.3 Å². The molecule has 0 aliphatic carbocycles. The van der Waals surface area contributed by atoms with E-state index in [0.717, 1.165) is 0 Å². The maximum Gasteiger partial charge on any atom is 0.140 e. The minimum absolute atomic E-state index is 0.172. The van der Waals surface area contributed by atoms with Gasteiger partial charge in [-0.2, -0.15) is 0 Å². The Morgan fingerprint density at radius 3 is 2.59 bits per heavy atom. The molecule has 1 rings (SSSR count). The van der Waals surface area contributed by atoms with Crippen LogP contribution in [0.15, 0.2) is 29.4 Å². The molecule has 0 aliphatic heterocycles. The highest BCUT2D eigenvalue weighted by molar-refractivity contribution is 5.49. The summed E-state index contributed by atoms with van der Waals surface area (Å²) in [6.07, 6.45) is -0.934. The third-order valence-corrected chi connectivity index (χ3v) is 1.97. The smallest absolute Gasteiger partial charge is 0.140 e. The summed E-state index contributed by atoms with van der Waals surface area (Å²) in [5.41, 5.74) is 9.19. The van der Waals surface area contributed by atoms with Crippen LogP contribution in [0.4, 0.5) is 5.69 Å². The molecule has 0 spiro atoms. The second-order valence-corrected chi connectivity index (χ2v) is 4.67. The first-order valence-corrected chi connectivity index (χ1v) is 5.29. The van der Waals surface area contributed by atoms with Crippen LogP contribution in [0.3, 0.4) is 0 Å². The molecule has 0 amide bonds. The fourth-order valence-corrected chi connectivity index (χ4v) is 1.22. The third-order valence-electron chi connectivity index (χ3n) is 1.97. The van der Waals surface area contributed by atoms with Crippen LogP contribution in [-0.4, -0.2) is 5.11 Å². The van der Waals surface area contributed by atoms with Crippen molar-refractivity contribution in [3.63, 3.8) is 0 Å². The van der Waals surface area contributed by atoms with E-state index in [1.807, 2.05) is 20.8 Å². The van der Waals surface area contributed by atoms with Gasteiger partial charge in [-0.15, -0.1) is 0 Å². The van der Waals surface area contributed by atoms with Gasteiger partial charge in [-0.3, -0.25) is 0 Å². The van der Waals surface area contributed by atoms with Crippen LogP contribution in [-0.2, 0) is 0 Å². The lowest BCUT2D eigenvalue weighted by molar-refractivity contribution is 0.238. The standard InChI is InChI=1S/C13H15N3O/c1-13(2,3)9-8-12(17)10-6-4-5-7-11(10)15-16-14/h4-7,12,17H,1-3H3. The summed E-state index contributed by atoms with van der Waals surface area (Å²) in [6, 6.07) is 6.87. The molecular formula is C13H15N3O. The van der Waals surface area contributed by atoms with E-state index in [-0.39, 0.29) is 5.41 Å². The van der Waals surface area contributed by atoms with Crippen molar-refractivity contribution in [2.45, 2.75) is 26.9 Å². The molecule has 0 bridgehead atoms. The van der Waals surface area contributed by atoms with Gasteiger partial charge in [0.15, 0.2) is 0 Å². The summed E-state index contributed by atoms with van der Waals surface area (Å²) in [7, 11) is 0. The zero-order chi connectivity index (χ0) is 12.9. The fourth-order valence-electron chi connectivity index (χ4n) is 1.22. The van der Waals surface area contributed by atoms with Gasteiger partial charge < -0.3 is 5.11 Å². The summed E-state index contributed by atoms with van der Waals surface area (Å²) in [4.78, 5) is 2.72. The van der Waals surface area contributed by atoms with E-state index in [1.165, 1.54) is 0 Å². The van der Waals surface area contributed by atoms with Crippen LogP contribution in [0.5, 0.6) is 0 Å². The zero-order valence-electron chi connectivity index (χ0n) is 10.2. The van der Waals surface area contributed by atoms with Crippen LogP contribution in [0.25, 0.3) is 10.4 Å². The highest BCUT2D eigenvalue weighted by atomic mass is 16.3. The van der Waals surface area contributed by atoms with Crippen LogP contribution in [0.1, 0.15) is 32.4 Å². The minimum Gasteiger partial charge on any atom is -0.376 e. The topological polar surface area (TPSA) is 69.0 Å². The Bertz CT molecular complexity index is 499. The molecule has 1 aromatic carbocycles. The van der Waals surface area contributed by atoms with E-state index in [9.17, 15) is 5.11 Å². The Morgan fingerprint density at radius 2 is 2.00 bits per heavy atom. The second-order valence-electron chi connectivity index (χ2n) is 4.67. The van der Waals surface area contributed by atoms with Crippen molar-refractivity contribution >= 4 is 5.69 Å². The summed E-state index contributed by atoms with van der Waals surface area (Å²) in [5.74, 6) is 5.71. The molecule has 0 fully saturated rings. The van der Waals surface area contributed by atoms with Gasteiger partial charge in [0, 0.05) is 21.6 Å². The molecular weight excluding hydrogens is 214 g/mol. The van der Waals surface area contributed by atoms with E-state index in [4.69, 9.17) is 5.53 Å². The van der Waals surface area contributed by atoms with E-state index in [1.54, 1.807) is 24.3 Å². The molecule has 4 nitrogen and oxygen atoms in total. The molecule has 0 aromatic heterocycles. The van der Waals surface area contributed by atoms with Crippen molar-refractivity contribution in [1.29, 1.82) is 0 Å². The molecule has 0 saturated carbocycles. The van der Waals surface area contributed by atoms with Gasteiger partial charge in [0.05, 0.1) is 0 Å². The van der Waals surface area contributed by atoms with E-state index in [2.05, 4.69) is 21.9 Å².